The second kappa shape index (κ2) is 36.7. The highest BCUT2D eigenvalue weighted by Gasteiger charge is 2.46. The van der Waals surface area contributed by atoms with Crippen molar-refractivity contribution in [3.8, 4) is 11.1 Å². The lowest BCUT2D eigenvalue weighted by Gasteiger charge is -2.35. The number of rotatable bonds is 12. The number of hydrogen-bond acceptors (Lipinski definition) is 7. The Bertz CT molecular complexity index is 2980. The van der Waals surface area contributed by atoms with Crippen molar-refractivity contribution >= 4 is 5.69 Å². The number of nitrogens with one attached hydrogen (secondary N) is 6. The molecule has 1 unspecified atom stereocenters. The third-order valence-electron chi connectivity index (χ3n) is 14.5. The van der Waals surface area contributed by atoms with Crippen LogP contribution in [0.25, 0.3) is 11.1 Å². The van der Waals surface area contributed by atoms with Crippen molar-refractivity contribution in [2.24, 2.45) is 7.05 Å². The van der Waals surface area contributed by atoms with Crippen molar-refractivity contribution < 1.29 is 0 Å². The molecule has 6 N–H and O–H groups in total. The number of aryl methyl sites for hydroxylation is 6. The summed E-state index contributed by atoms with van der Waals surface area (Å²) in [6, 6.07) is 53.4. The van der Waals surface area contributed by atoms with Crippen LogP contribution < -0.4 is 31.9 Å². The first-order chi connectivity index (χ1) is 41.7. The van der Waals surface area contributed by atoms with E-state index < -0.39 is 0 Å². The minimum Gasteiger partial charge on any atom is -0.380 e. The quantitative estimate of drug-likeness (QED) is 0.0726. The number of aromatic nitrogens is 2. The van der Waals surface area contributed by atoms with Gasteiger partial charge in [-0.05, 0) is 258 Å². The maximum Gasteiger partial charge on any atom is 0.0568 e. The molecule has 6 aromatic carbocycles. The maximum atomic E-state index is 4.20. The first kappa shape index (κ1) is 84.1. The average Bonchev–Trinajstić information content (AvgIpc) is 1.61. The maximum absolute atomic E-state index is 4.20. The van der Waals surface area contributed by atoms with Gasteiger partial charge in [-0.2, -0.15) is 5.10 Å². The highest BCUT2D eigenvalue weighted by Crippen LogP contribution is 2.47. The Labute approximate surface area is 566 Å². The van der Waals surface area contributed by atoms with E-state index in [9.17, 15) is 0 Å². The summed E-state index contributed by atoms with van der Waals surface area (Å²) >= 11 is 0. The molecule has 1 aliphatic rings. The zero-order valence-corrected chi connectivity index (χ0v) is 63.6. The second-order valence-corrected chi connectivity index (χ2v) is 32.1. The van der Waals surface area contributed by atoms with Crippen molar-refractivity contribution in [1.29, 1.82) is 0 Å². The summed E-state index contributed by atoms with van der Waals surface area (Å²) in [4.78, 5) is 0. The van der Waals surface area contributed by atoms with E-state index in [0.717, 1.165) is 5.56 Å². The molecule has 8 nitrogen and oxygen atoms in total. The normalized spacial score (nSPS) is 13.8. The van der Waals surface area contributed by atoms with Crippen molar-refractivity contribution in [1.82, 2.24) is 36.4 Å². The van der Waals surface area contributed by atoms with E-state index in [1.165, 1.54) is 79.7 Å². The zero-order chi connectivity index (χ0) is 69.6. The molecule has 0 bridgehead atoms. The lowest BCUT2D eigenvalue weighted by atomic mass is 9.90. The molecule has 0 saturated heterocycles. The molecule has 0 amide bonds. The van der Waals surface area contributed by atoms with E-state index in [-0.39, 0.29) is 51.7 Å². The highest BCUT2D eigenvalue weighted by atomic mass is 15.2. The molecule has 1 fully saturated rings. The van der Waals surface area contributed by atoms with Crippen LogP contribution in [0.3, 0.4) is 0 Å². The smallest absolute Gasteiger partial charge is 0.0568 e. The second-order valence-electron chi connectivity index (χ2n) is 32.1. The standard InChI is InChI=1S/C16H23N3.C14H21N.C14H23N.2C13H21N.C11H17N.C2H6.CH4/c1-12(18-16(2,3)4)13-6-8-14(9-7-13)15-10-17-19(5)11-15;1-11-5-7-12(8-6-11)14(9-10-14)15-13(2,3)4;1-11-7-9-12(10-8-11)14(5,6)15-13(2,3)4;2*1-10-6-8-12(9-7-10)11(2)14-13(3,4)5;1-9-6-5-7-10(8-9)12-11(2,3)4;1-2;/h6-12,18H,1-5H3;5-8,15H,9-10H2,1-4H3;7-10,15H,1-6H3;2*6-9,11,14H,1-5H3;5-8,12H,1-4H3;1-2H3;1H4/t;;;2*11-;;;/m...10.../s1. The fourth-order valence-electron chi connectivity index (χ4n) is 10.8. The summed E-state index contributed by atoms with van der Waals surface area (Å²) in [7, 11) is 1.94. The molecule has 1 heterocycles. The molecule has 0 spiro atoms. The Kier molecular flexibility index (Phi) is 33.6. The molecule has 3 atom stereocenters. The molecule has 92 heavy (non-hydrogen) atoms. The zero-order valence-electron chi connectivity index (χ0n) is 63.6. The molecule has 8 rings (SSSR count). The third-order valence-corrected chi connectivity index (χ3v) is 14.5. The number of anilines is 1. The average molecular weight is 1260 g/mol. The summed E-state index contributed by atoms with van der Waals surface area (Å²) in [5.41, 5.74) is 18.2. The summed E-state index contributed by atoms with van der Waals surface area (Å²) in [5.74, 6) is 0. The first-order valence-corrected chi connectivity index (χ1v) is 33.8. The largest absolute Gasteiger partial charge is 0.380 e. The Balaban J connectivity index is 0.000000550. The van der Waals surface area contributed by atoms with Crippen LogP contribution in [-0.4, -0.2) is 43.0 Å². The van der Waals surface area contributed by atoms with Gasteiger partial charge >= 0.3 is 0 Å². The van der Waals surface area contributed by atoms with Crippen LogP contribution in [-0.2, 0) is 18.1 Å². The minimum atomic E-state index is 0. The Morgan fingerprint density at radius 2 is 0.772 bits per heavy atom. The van der Waals surface area contributed by atoms with E-state index >= 15 is 0 Å². The SMILES string of the molecule is C.CC.CC(NC(C)(C)C)c1ccc(-c2cnn(C)c2)cc1.Cc1ccc(C(C)(C)NC(C)(C)C)cc1.Cc1ccc(C2(NC(C)(C)C)CC2)cc1.Cc1ccc([C@@H](C)NC(C)(C)C)cc1.Cc1ccc([C@H](C)NC(C)(C)C)cc1.Cc1cccc(NC(C)(C)C)c1. The Hall–Kier alpha value is -5.87. The lowest BCUT2D eigenvalue weighted by molar-refractivity contribution is 0.286. The topological polar surface area (TPSA) is 90.0 Å². The van der Waals surface area contributed by atoms with Crippen LogP contribution >= 0.6 is 0 Å². The van der Waals surface area contributed by atoms with Crippen LogP contribution in [0.2, 0.25) is 0 Å². The minimum absolute atomic E-state index is 0. The molecule has 8 heteroatoms. The van der Waals surface area contributed by atoms with Gasteiger partial charge in [0.05, 0.1) is 6.20 Å². The van der Waals surface area contributed by atoms with Gasteiger partial charge in [-0.3, -0.25) is 4.68 Å². The van der Waals surface area contributed by atoms with Gasteiger partial charge in [0.1, 0.15) is 0 Å². The lowest BCUT2D eigenvalue weighted by Crippen LogP contribution is -2.48. The monoisotopic (exact) mass is 1260 g/mol. The molecule has 512 valence electrons. The van der Waals surface area contributed by atoms with Gasteiger partial charge in [-0.15, -0.1) is 0 Å². The van der Waals surface area contributed by atoms with Crippen molar-refractivity contribution in [2.45, 2.75) is 290 Å². The Morgan fingerprint density at radius 3 is 1.08 bits per heavy atom. The van der Waals surface area contributed by atoms with Gasteiger partial charge in [-0.25, -0.2) is 0 Å². The predicted molar refractivity (Wildman–Crippen MR) is 410 cm³/mol. The molecular weight excluding hydrogens is 1120 g/mol. The van der Waals surface area contributed by atoms with E-state index in [2.05, 4.69) is 376 Å². The third kappa shape index (κ3) is 35.4. The molecule has 1 aromatic heterocycles. The van der Waals surface area contributed by atoms with Crippen LogP contribution in [0.15, 0.2) is 158 Å². The number of hydrogen-bond donors (Lipinski definition) is 6. The molecule has 1 saturated carbocycles. The van der Waals surface area contributed by atoms with E-state index in [0.29, 0.717) is 18.1 Å². The van der Waals surface area contributed by atoms with E-state index in [1.807, 2.05) is 38.0 Å². The van der Waals surface area contributed by atoms with Crippen LogP contribution in [0.4, 0.5) is 5.69 Å². The van der Waals surface area contributed by atoms with Gasteiger partial charge in [0.15, 0.2) is 0 Å². The van der Waals surface area contributed by atoms with E-state index in [1.54, 1.807) is 0 Å². The fourth-order valence-corrected chi connectivity index (χ4v) is 10.8. The van der Waals surface area contributed by atoms with E-state index in [4.69, 9.17) is 0 Å². The first-order valence-electron chi connectivity index (χ1n) is 33.8. The van der Waals surface area contributed by atoms with Crippen LogP contribution in [0, 0.1) is 34.6 Å². The number of nitrogens with zero attached hydrogens (tertiary/aromatic N) is 2. The highest BCUT2D eigenvalue weighted by molar-refractivity contribution is 5.62. The van der Waals surface area contributed by atoms with Crippen molar-refractivity contribution in [2.75, 3.05) is 5.32 Å². The van der Waals surface area contributed by atoms with Crippen LogP contribution in [0.5, 0.6) is 0 Å². The Morgan fingerprint density at radius 1 is 0.413 bits per heavy atom. The fraction of sp³-hybridized carbons (Fsp3) is 0.536. The van der Waals surface area contributed by atoms with Crippen LogP contribution in [0.1, 0.15) is 267 Å². The van der Waals surface area contributed by atoms with Gasteiger partial charge in [0.2, 0.25) is 0 Å². The molecule has 0 aliphatic heterocycles. The molecule has 7 aromatic rings. The molecular formula is C84H136N8. The van der Waals surface area contributed by atoms with Gasteiger partial charge in [-0.1, -0.05) is 177 Å². The number of benzene rings is 6. The van der Waals surface area contributed by atoms with Crippen molar-refractivity contribution in [3.05, 3.63) is 214 Å². The molecule has 0 radical (unpaired) electrons. The summed E-state index contributed by atoms with van der Waals surface area (Å²) in [6.07, 6.45) is 6.47. The summed E-state index contributed by atoms with van der Waals surface area (Å²) in [5, 5.41) is 25.7. The van der Waals surface area contributed by atoms with Gasteiger partial charge < -0.3 is 31.9 Å². The molecule has 1 aliphatic carbocycles. The summed E-state index contributed by atoms with van der Waals surface area (Å²) in [6.45, 7) is 65.2. The predicted octanol–water partition coefficient (Wildman–Crippen LogP) is 22.3. The van der Waals surface area contributed by atoms with Gasteiger partial charge in [0, 0.05) is 86.9 Å². The van der Waals surface area contributed by atoms with Gasteiger partial charge in [0.25, 0.3) is 0 Å². The summed E-state index contributed by atoms with van der Waals surface area (Å²) < 4.78 is 1.83. The van der Waals surface area contributed by atoms with Crippen molar-refractivity contribution in [3.63, 3.8) is 0 Å².